The Morgan fingerprint density at radius 1 is 1.05 bits per heavy atom. The molecular weight excluding hydrogens is 500 g/mol. The highest BCUT2D eigenvalue weighted by Crippen LogP contribution is 2.25. The van der Waals surface area contributed by atoms with Gasteiger partial charge in [0.05, 0.1) is 31.7 Å². The molecule has 4 rings (SSSR count). The van der Waals surface area contributed by atoms with E-state index in [2.05, 4.69) is 29.7 Å². The fourth-order valence-electron chi connectivity index (χ4n) is 4.80. The summed E-state index contributed by atoms with van der Waals surface area (Å²) in [4.78, 5) is 54.8. The molecule has 0 saturated carbocycles. The van der Waals surface area contributed by atoms with Gasteiger partial charge in [0.25, 0.3) is 5.91 Å². The molecule has 2 N–H and O–H groups in total. The second-order valence-corrected chi connectivity index (χ2v) is 9.78. The number of hydrogen-bond acceptors (Lipinski definition) is 6. The molecule has 0 bridgehead atoms. The zero-order valence-electron chi connectivity index (χ0n) is 22.5. The molecule has 4 amide bonds. The molecule has 2 aromatic rings. The van der Waals surface area contributed by atoms with Crippen molar-refractivity contribution in [3.05, 3.63) is 59.2 Å². The summed E-state index contributed by atoms with van der Waals surface area (Å²) in [6, 6.07) is 13.1. The number of carbonyl (C=O) groups excluding carboxylic acids is 4. The van der Waals surface area contributed by atoms with Crippen molar-refractivity contribution in [3.8, 4) is 11.5 Å². The van der Waals surface area contributed by atoms with Crippen LogP contribution in [0.5, 0.6) is 11.5 Å². The van der Waals surface area contributed by atoms with Crippen molar-refractivity contribution >= 4 is 23.6 Å². The van der Waals surface area contributed by atoms with Crippen LogP contribution >= 0.6 is 0 Å². The molecule has 39 heavy (non-hydrogen) atoms. The average molecular weight is 537 g/mol. The number of hydrogen-bond donors (Lipinski definition) is 2. The van der Waals surface area contributed by atoms with E-state index in [-0.39, 0.29) is 56.3 Å². The maximum Gasteiger partial charge on any atom is 0.255 e. The number of nitrogens with one attached hydrogen (secondary N) is 2. The number of aryl methyl sites for hydroxylation is 1. The molecule has 2 aromatic carbocycles. The molecule has 1 atom stereocenters. The van der Waals surface area contributed by atoms with E-state index in [0.29, 0.717) is 43.1 Å². The first-order valence-corrected chi connectivity index (χ1v) is 13.4. The van der Waals surface area contributed by atoms with E-state index in [4.69, 9.17) is 9.47 Å². The number of fused-ring (bicyclic) bond motifs is 1. The van der Waals surface area contributed by atoms with Crippen molar-refractivity contribution in [3.63, 3.8) is 0 Å². The van der Waals surface area contributed by atoms with Gasteiger partial charge in [-0.1, -0.05) is 31.2 Å². The lowest BCUT2D eigenvalue weighted by Crippen LogP contribution is -2.45. The molecule has 0 spiro atoms. The van der Waals surface area contributed by atoms with Gasteiger partial charge < -0.3 is 29.9 Å². The van der Waals surface area contributed by atoms with Crippen LogP contribution in [0.25, 0.3) is 0 Å². The minimum Gasteiger partial charge on any atom is -0.497 e. The first kappa shape index (κ1) is 27.9. The third kappa shape index (κ3) is 7.28. The summed E-state index contributed by atoms with van der Waals surface area (Å²) in [7, 11) is 1.53. The van der Waals surface area contributed by atoms with Gasteiger partial charge in [0, 0.05) is 38.7 Å². The molecule has 208 valence electrons. The molecule has 1 saturated heterocycles. The number of amides is 4. The van der Waals surface area contributed by atoms with Gasteiger partial charge in [0.15, 0.2) is 0 Å². The van der Waals surface area contributed by atoms with Gasteiger partial charge in [-0.25, -0.2) is 0 Å². The lowest BCUT2D eigenvalue weighted by molar-refractivity contribution is -0.139. The summed E-state index contributed by atoms with van der Waals surface area (Å²) in [5, 5.41) is 5.63. The van der Waals surface area contributed by atoms with E-state index in [0.717, 1.165) is 12.0 Å². The molecule has 10 heteroatoms. The van der Waals surface area contributed by atoms with Crippen LogP contribution < -0.4 is 20.1 Å². The fourth-order valence-corrected chi connectivity index (χ4v) is 4.80. The van der Waals surface area contributed by atoms with Crippen LogP contribution in [-0.4, -0.2) is 79.9 Å². The number of ether oxygens (including phenoxy) is 2. The SMILES string of the molecule is CCc1ccc(CN2CC(C(=O)N3CCCNC(=O)c4ccc(OC)cc4OCCNC(=O)C3)CC2=O)cc1. The Balaban J connectivity index is 1.39. The summed E-state index contributed by atoms with van der Waals surface area (Å²) in [6.45, 7) is 3.66. The van der Waals surface area contributed by atoms with E-state index in [1.54, 1.807) is 23.1 Å². The van der Waals surface area contributed by atoms with Gasteiger partial charge in [0.2, 0.25) is 17.7 Å². The van der Waals surface area contributed by atoms with Crippen molar-refractivity contribution < 1.29 is 28.7 Å². The molecule has 2 aliphatic rings. The quantitative estimate of drug-likeness (QED) is 0.602. The number of benzene rings is 2. The minimum atomic E-state index is -0.515. The Morgan fingerprint density at radius 2 is 1.82 bits per heavy atom. The number of likely N-dealkylation sites (tertiary alicyclic amines) is 1. The fraction of sp³-hybridized carbons (Fsp3) is 0.448. The van der Waals surface area contributed by atoms with Crippen molar-refractivity contribution in [1.29, 1.82) is 0 Å². The summed E-state index contributed by atoms with van der Waals surface area (Å²) in [6.07, 6.45) is 1.52. The standard InChI is InChI=1S/C29H36N4O6/c1-3-20-5-7-21(8-6-20)17-33-18-22(15-27(33)35)29(37)32-13-4-11-31-28(36)24-10-9-23(38-2)16-25(24)39-14-12-30-26(34)19-32/h5-10,16,22H,3-4,11-15,17-19H2,1-2H3,(H,30,34)(H,31,36). The summed E-state index contributed by atoms with van der Waals surface area (Å²) >= 11 is 0. The molecule has 0 aromatic heterocycles. The maximum atomic E-state index is 13.4. The van der Waals surface area contributed by atoms with Crippen LogP contribution in [0.1, 0.15) is 41.3 Å². The molecule has 1 unspecified atom stereocenters. The molecule has 10 nitrogen and oxygen atoms in total. The first-order valence-electron chi connectivity index (χ1n) is 13.4. The minimum absolute atomic E-state index is 0.0702. The van der Waals surface area contributed by atoms with Crippen LogP contribution in [0.3, 0.4) is 0 Å². The third-order valence-electron chi connectivity index (χ3n) is 7.02. The third-order valence-corrected chi connectivity index (χ3v) is 7.02. The highest BCUT2D eigenvalue weighted by Gasteiger charge is 2.37. The van der Waals surface area contributed by atoms with Crippen LogP contribution in [0.15, 0.2) is 42.5 Å². The first-order chi connectivity index (χ1) is 18.9. The van der Waals surface area contributed by atoms with Crippen molar-refractivity contribution in [2.75, 3.05) is 46.4 Å². The average Bonchev–Trinajstić information content (AvgIpc) is 3.31. The van der Waals surface area contributed by atoms with E-state index in [9.17, 15) is 19.2 Å². The molecule has 2 heterocycles. The molecule has 0 aliphatic carbocycles. The molecule has 0 radical (unpaired) electrons. The monoisotopic (exact) mass is 536 g/mol. The van der Waals surface area contributed by atoms with Crippen molar-refractivity contribution in [1.82, 2.24) is 20.4 Å². The van der Waals surface area contributed by atoms with Gasteiger partial charge in [-0.3, -0.25) is 19.2 Å². The van der Waals surface area contributed by atoms with E-state index >= 15 is 0 Å². The van der Waals surface area contributed by atoms with Crippen LogP contribution in [0.4, 0.5) is 0 Å². The van der Waals surface area contributed by atoms with E-state index in [1.807, 2.05) is 12.1 Å². The second kappa shape index (κ2) is 13.1. The number of carbonyl (C=O) groups is 4. The van der Waals surface area contributed by atoms with Crippen LogP contribution in [-0.2, 0) is 27.3 Å². The number of nitrogens with zero attached hydrogens (tertiary/aromatic N) is 2. The lowest BCUT2D eigenvalue weighted by Gasteiger charge is -2.26. The number of rotatable bonds is 5. The Labute approximate surface area is 228 Å². The van der Waals surface area contributed by atoms with Crippen LogP contribution in [0, 0.1) is 5.92 Å². The van der Waals surface area contributed by atoms with Crippen LogP contribution in [0.2, 0.25) is 0 Å². The smallest absolute Gasteiger partial charge is 0.255 e. The summed E-state index contributed by atoms with van der Waals surface area (Å²) in [5.41, 5.74) is 2.61. The Bertz CT molecular complexity index is 1200. The predicted molar refractivity (Wildman–Crippen MR) is 144 cm³/mol. The Kier molecular flexibility index (Phi) is 9.40. The molecular formula is C29H36N4O6. The van der Waals surface area contributed by atoms with Crippen molar-refractivity contribution in [2.24, 2.45) is 5.92 Å². The number of methoxy groups -OCH3 is 1. The predicted octanol–water partition coefficient (Wildman–Crippen LogP) is 1.76. The highest BCUT2D eigenvalue weighted by molar-refractivity contribution is 5.97. The van der Waals surface area contributed by atoms with Gasteiger partial charge in [-0.05, 0) is 36.1 Å². The topological polar surface area (TPSA) is 117 Å². The van der Waals surface area contributed by atoms with E-state index < -0.39 is 5.92 Å². The second-order valence-electron chi connectivity index (χ2n) is 9.78. The zero-order valence-corrected chi connectivity index (χ0v) is 22.5. The van der Waals surface area contributed by atoms with Gasteiger partial charge >= 0.3 is 0 Å². The summed E-state index contributed by atoms with van der Waals surface area (Å²) in [5.74, 6) is -0.495. The highest BCUT2D eigenvalue weighted by atomic mass is 16.5. The van der Waals surface area contributed by atoms with Gasteiger partial charge in [-0.15, -0.1) is 0 Å². The molecule has 2 aliphatic heterocycles. The summed E-state index contributed by atoms with van der Waals surface area (Å²) < 4.78 is 11.0. The largest absolute Gasteiger partial charge is 0.497 e. The van der Waals surface area contributed by atoms with Crippen molar-refractivity contribution in [2.45, 2.75) is 32.7 Å². The van der Waals surface area contributed by atoms with Gasteiger partial charge in [-0.2, -0.15) is 0 Å². The molecule has 1 fully saturated rings. The maximum absolute atomic E-state index is 13.4. The Morgan fingerprint density at radius 3 is 2.56 bits per heavy atom. The van der Waals surface area contributed by atoms with Gasteiger partial charge in [0.1, 0.15) is 18.1 Å². The lowest BCUT2D eigenvalue weighted by atomic mass is 10.1. The normalized spacial score (nSPS) is 18.9. The zero-order chi connectivity index (χ0) is 27.8. The Hall–Kier alpha value is -4.08. The van der Waals surface area contributed by atoms with E-state index in [1.165, 1.54) is 17.6 Å².